The lowest BCUT2D eigenvalue weighted by atomic mass is 10.3. The highest BCUT2D eigenvalue weighted by Crippen LogP contribution is 2.33. The van der Waals surface area contributed by atoms with Gasteiger partial charge in [-0.15, -0.1) is 11.3 Å². The lowest BCUT2D eigenvalue weighted by molar-refractivity contribution is 0.156. The first-order valence-corrected chi connectivity index (χ1v) is 4.71. The van der Waals surface area contributed by atoms with Crippen molar-refractivity contribution in [3.63, 3.8) is 0 Å². The molecule has 2 aromatic heterocycles. The van der Waals surface area contributed by atoms with Gasteiger partial charge < -0.3 is 5.73 Å². The third-order valence-corrected chi connectivity index (χ3v) is 2.80. The minimum absolute atomic E-state index is 0.0217. The Morgan fingerprint density at radius 3 is 2.79 bits per heavy atom. The number of thiophene rings is 1. The summed E-state index contributed by atoms with van der Waals surface area (Å²) in [6.45, 7) is 1.68. The van der Waals surface area contributed by atoms with Crippen molar-refractivity contribution in [2.75, 3.05) is 5.73 Å². The van der Waals surface area contributed by atoms with Gasteiger partial charge in [-0.3, -0.25) is 0 Å². The predicted molar refractivity (Wildman–Crippen MR) is 51.5 cm³/mol. The van der Waals surface area contributed by atoms with E-state index < -0.39 is 6.43 Å². The number of rotatable bonds is 1. The fraction of sp³-hybridized carbons (Fsp3) is 0.250. The Labute approximate surface area is 82.6 Å². The van der Waals surface area contributed by atoms with Crippen molar-refractivity contribution < 1.29 is 8.78 Å². The van der Waals surface area contributed by atoms with Crippen molar-refractivity contribution in [2.24, 2.45) is 0 Å². The molecule has 6 heteroatoms. The van der Waals surface area contributed by atoms with E-state index >= 15 is 0 Å². The standard InChI is InChI=1S/C8H7F2N3S/c1-3-12-7(11)4-2-5(6(9)10)14-8(4)13-3/h2,6H,1H3,(H2,11,12,13). The van der Waals surface area contributed by atoms with E-state index in [4.69, 9.17) is 5.73 Å². The van der Waals surface area contributed by atoms with Gasteiger partial charge in [0, 0.05) is 0 Å². The first-order valence-electron chi connectivity index (χ1n) is 3.89. The van der Waals surface area contributed by atoms with Crippen molar-refractivity contribution in [1.82, 2.24) is 9.97 Å². The Balaban J connectivity index is 2.70. The van der Waals surface area contributed by atoms with E-state index in [1.807, 2.05) is 0 Å². The van der Waals surface area contributed by atoms with Gasteiger partial charge in [-0.2, -0.15) is 0 Å². The number of aromatic nitrogens is 2. The van der Waals surface area contributed by atoms with Crippen molar-refractivity contribution in [3.8, 4) is 0 Å². The minimum Gasteiger partial charge on any atom is -0.383 e. The Kier molecular flexibility index (Phi) is 2.07. The summed E-state index contributed by atoms with van der Waals surface area (Å²) in [5, 5.41) is 0.510. The molecule has 0 aliphatic heterocycles. The van der Waals surface area contributed by atoms with Crippen LogP contribution in [0, 0.1) is 6.92 Å². The third kappa shape index (κ3) is 1.41. The summed E-state index contributed by atoms with van der Waals surface area (Å²) in [5.41, 5.74) is 5.58. The summed E-state index contributed by atoms with van der Waals surface area (Å²) in [5.74, 6) is 0.758. The number of halogens is 2. The second-order valence-electron chi connectivity index (χ2n) is 2.82. The highest BCUT2D eigenvalue weighted by atomic mass is 32.1. The maximum absolute atomic E-state index is 12.4. The molecule has 0 unspecified atom stereocenters. The number of nitrogen functional groups attached to an aromatic ring is 1. The van der Waals surface area contributed by atoms with Gasteiger partial charge in [-0.25, -0.2) is 18.7 Å². The summed E-state index contributed by atoms with van der Waals surface area (Å²) in [6, 6.07) is 1.35. The highest BCUT2D eigenvalue weighted by molar-refractivity contribution is 7.18. The molecule has 2 N–H and O–H groups in total. The monoisotopic (exact) mass is 215 g/mol. The topological polar surface area (TPSA) is 51.8 Å². The van der Waals surface area contributed by atoms with E-state index in [1.54, 1.807) is 6.92 Å². The maximum Gasteiger partial charge on any atom is 0.272 e. The quantitative estimate of drug-likeness (QED) is 0.795. The van der Waals surface area contributed by atoms with Gasteiger partial charge in [0.05, 0.1) is 10.3 Å². The molecule has 2 aromatic rings. The molecule has 0 aliphatic carbocycles. The van der Waals surface area contributed by atoms with Crippen molar-refractivity contribution in [1.29, 1.82) is 0 Å². The average molecular weight is 215 g/mol. The molecule has 14 heavy (non-hydrogen) atoms. The third-order valence-electron chi connectivity index (χ3n) is 1.77. The van der Waals surface area contributed by atoms with Crippen LogP contribution in [0.5, 0.6) is 0 Å². The largest absolute Gasteiger partial charge is 0.383 e. The summed E-state index contributed by atoms with van der Waals surface area (Å²) in [7, 11) is 0. The molecule has 0 fully saturated rings. The van der Waals surface area contributed by atoms with Crippen LogP contribution in [0.3, 0.4) is 0 Å². The molecule has 74 valence electrons. The molecular weight excluding hydrogens is 208 g/mol. The average Bonchev–Trinajstić information content (AvgIpc) is 2.47. The van der Waals surface area contributed by atoms with Gasteiger partial charge in [0.15, 0.2) is 0 Å². The zero-order chi connectivity index (χ0) is 10.3. The molecule has 2 rings (SSSR count). The van der Waals surface area contributed by atoms with Crippen LogP contribution in [0.4, 0.5) is 14.6 Å². The number of nitrogens with zero attached hydrogens (tertiary/aromatic N) is 2. The number of aryl methyl sites for hydroxylation is 1. The van der Waals surface area contributed by atoms with Gasteiger partial charge in [0.2, 0.25) is 0 Å². The highest BCUT2D eigenvalue weighted by Gasteiger charge is 2.14. The number of hydrogen-bond donors (Lipinski definition) is 1. The zero-order valence-corrected chi connectivity index (χ0v) is 8.11. The fourth-order valence-corrected chi connectivity index (χ4v) is 2.12. The summed E-state index contributed by atoms with van der Waals surface area (Å²) in [4.78, 5) is 8.43. The SMILES string of the molecule is Cc1nc(N)c2cc(C(F)F)sc2n1. The summed E-state index contributed by atoms with van der Waals surface area (Å²) in [6.07, 6.45) is -2.48. The Bertz CT molecular complexity index is 481. The molecule has 0 spiro atoms. The zero-order valence-electron chi connectivity index (χ0n) is 7.29. The van der Waals surface area contributed by atoms with Crippen LogP contribution in [0.2, 0.25) is 0 Å². The maximum atomic E-state index is 12.4. The molecule has 0 saturated heterocycles. The van der Waals surface area contributed by atoms with Crippen LogP contribution < -0.4 is 5.73 Å². The Morgan fingerprint density at radius 2 is 2.14 bits per heavy atom. The summed E-state index contributed by atoms with van der Waals surface area (Å²) < 4.78 is 24.7. The molecule has 2 heterocycles. The fourth-order valence-electron chi connectivity index (χ4n) is 1.18. The van der Waals surface area contributed by atoms with Gasteiger partial charge >= 0.3 is 0 Å². The smallest absolute Gasteiger partial charge is 0.272 e. The van der Waals surface area contributed by atoms with Gasteiger partial charge in [-0.1, -0.05) is 0 Å². The van der Waals surface area contributed by atoms with Crippen LogP contribution in [-0.2, 0) is 0 Å². The van der Waals surface area contributed by atoms with Gasteiger partial charge in [0.1, 0.15) is 16.5 Å². The van der Waals surface area contributed by atoms with E-state index in [-0.39, 0.29) is 10.7 Å². The number of anilines is 1. The molecule has 0 saturated carbocycles. The minimum atomic E-state index is -2.48. The number of hydrogen-bond acceptors (Lipinski definition) is 4. The lowest BCUT2D eigenvalue weighted by Gasteiger charge is -1.95. The lowest BCUT2D eigenvalue weighted by Crippen LogP contribution is -1.94. The van der Waals surface area contributed by atoms with Crippen molar-refractivity contribution in [2.45, 2.75) is 13.3 Å². The van der Waals surface area contributed by atoms with Crippen LogP contribution >= 0.6 is 11.3 Å². The van der Waals surface area contributed by atoms with E-state index in [1.165, 1.54) is 6.07 Å². The molecule has 0 aliphatic rings. The van der Waals surface area contributed by atoms with E-state index in [0.717, 1.165) is 11.3 Å². The van der Waals surface area contributed by atoms with E-state index in [0.29, 0.717) is 16.0 Å². The van der Waals surface area contributed by atoms with E-state index in [2.05, 4.69) is 9.97 Å². The van der Waals surface area contributed by atoms with Crippen LogP contribution in [0.1, 0.15) is 17.1 Å². The number of alkyl halides is 2. The van der Waals surface area contributed by atoms with Crippen molar-refractivity contribution >= 4 is 27.4 Å². The molecule has 0 amide bonds. The Morgan fingerprint density at radius 1 is 1.43 bits per heavy atom. The molecular formula is C8H7F2N3S. The second kappa shape index (κ2) is 3.13. The molecule has 0 atom stereocenters. The molecule has 0 aromatic carbocycles. The molecule has 0 bridgehead atoms. The van der Waals surface area contributed by atoms with Gasteiger partial charge in [-0.05, 0) is 13.0 Å². The normalized spacial score (nSPS) is 11.4. The summed E-state index contributed by atoms with van der Waals surface area (Å²) >= 11 is 0.953. The van der Waals surface area contributed by atoms with Gasteiger partial charge in [0.25, 0.3) is 6.43 Å². The first kappa shape index (κ1) is 9.26. The second-order valence-corrected chi connectivity index (χ2v) is 3.89. The predicted octanol–water partition coefficient (Wildman–Crippen LogP) is 2.52. The van der Waals surface area contributed by atoms with Crippen LogP contribution in [0.25, 0.3) is 10.2 Å². The van der Waals surface area contributed by atoms with E-state index in [9.17, 15) is 8.78 Å². The molecule has 0 radical (unpaired) electrons. The van der Waals surface area contributed by atoms with Crippen molar-refractivity contribution in [3.05, 3.63) is 16.8 Å². The van der Waals surface area contributed by atoms with Crippen LogP contribution in [0.15, 0.2) is 6.07 Å². The Hall–Kier alpha value is -1.30. The van der Waals surface area contributed by atoms with Crippen LogP contribution in [-0.4, -0.2) is 9.97 Å². The first-order chi connectivity index (χ1) is 6.58. The molecule has 3 nitrogen and oxygen atoms in total. The number of fused-ring (bicyclic) bond motifs is 1. The number of nitrogens with two attached hydrogens (primary N) is 1.